The standard InChI is InChI=1S/C17H18N2O3/c20-13-10-19(11-6-2-1-3-7-11)17(21)15(13)16-12-8-4-5-9-14(12)22-18-16/h4-5,8-9,11,15H,1-3,6-7,10H2/t15-/m0/s1. The average Bonchev–Trinajstić information content (AvgIpc) is 3.09. The number of amides is 1. The normalized spacial score (nSPS) is 23.6. The molecule has 1 aromatic carbocycles. The third kappa shape index (κ3) is 2.03. The molecule has 1 saturated heterocycles. The van der Waals surface area contributed by atoms with E-state index in [9.17, 15) is 9.59 Å². The minimum Gasteiger partial charge on any atom is -0.356 e. The van der Waals surface area contributed by atoms with Gasteiger partial charge in [0.1, 0.15) is 11.6 Å². The topological polar surface area (TPSA) is 63.4 Å². The Bertz CT molecular complexity index is 730. The fourth-order valence-corrected chi connectivity index (χ4v) is 3.73. The number of likely N-dealkylation sites (tertiary alicyclic amines) is 1. The van der Waals surface area contributed by atoms with E-state index in [2.05, 4.69) is 5.16 Å². The maximum atomic E-state index is 12.8. The van der Waals surface area contributed by atoms with E-state index in [0.29, 0.717) is 11.3 Å². The molecular formula is C17H18N2O3. The summed E-state index contributed by atoms with van der Waals surface area (Å²) in [6, 6.07) is 7.59. The molecule has 0 spiro atoms. The highest BCUT2D eigenvalue weighted by atomic mass is 16.5. The van der Waals surface area contributed by atoms with Crippen LogP contribution in [0.5, 0.6) is 0 Å². The first-order valence-electron chi connectivity index (χ1n) is 7.93. The molecule has 1 aliphatic carbocycles. The molecule has 22 heavy (non-hydrogen) atoms. The van der Waals surface area contributed by atoms with Crippen molar-refractivity contribution in [2.45, 2.75) is 44.1 Å². The van der Waals surface area contributed by atoms with Crippen molar-refractivity contribution in [3.8, 4) is 0 Å². The van der Waals surface area contributed by atoms with Crippen molar-refractivity contribution in [2.24, 2.45) is 0 Å². The summed E-state index contributed by atoms with van der Waals surface area (Å²) in [7, 11) is 0. The SMILES string of the molecule is O=C1CN(C2CCCCC2)C(=O)[C@@H]1c1noc2ccccc12. The Morgan fingerprint density at radius 2 is 1.86 bits per heavy atom. The lowest BCUT2D eigenvalue weighted by Gasteiger charge is -2.30. The highest BCUT2D eigenvalue weighted by Gasteiger charge is 2.45. The van der Waals surface area contributed by atoms with Gasteiger partial charge in [0.15, 0.2) is 11.4 Å². The first-order chi connectivity index (χ1) is 10.8. The number of carbonyl (C=O) groups is 2. The second-order valence-electron chi connectivity index (χ2n) is 6.22. The number of rotatable bonds is 2. The quantitative estimate of drug-likeness (QED) is 0.800. The van der Waals surface area contributed by atoms with Gasteiger partial charge >= 0.3 is 0 Å². The molecule has 5 nitrogen and oxygen atoms in total. The number of fused-ring (bicyclic) bond motifs is 1. The monoisotopic (exact) mass is 298 g/mol. The van der Waals surface area contributed by atoms with Gasteiger partial charge in [-0.1, -0.05) is 36.6 Å². The summed E-state index contributed by atoms with van der Waals surface area (Å²) < 4.78 is 5.27. The lowest BCUT2D eigenvalue weighted by molar-refractivity contribution is -0.131. The lowest BCUT2D eigenvalue weighted by atomic mass is 9.94. The second-order valence-corrected chi connectivity index (χ2v) is 6.22. The maximum Gasteiger partial charge on any atom is 0.240 e. The highest BCUT2D eigenvalue weighted by Crippen LogP contribution is 2.34. The minimum atomic E-state index is -0.787. The molecule has 1 aromatic heterocycles. The Hall–Kier alpha value is -2.17. The van der Waals surface area contributed by atoms with Crippen molar-refractivity contribution in [1.82, 2.24) is 10.1 Å². The summed E-state index contributed by atoms with van der Waals surface area (Å²) in [4.78, 5) is 27.0. The summed E-state index contributed by atoms with van der Waals surface area (Å²) in [5.74, 6) is -0.948. The van der Waals surface area contributed by atoms with Crippen LogP contribution in [-0.2, 0) is 9.59 Å². The average molecular weight is 298 g/mol. The van der Waals surface area contributed by atoms with Gasteiger partial charge in [-0.3, -0.25) is 9.59 Å². The summed E-state index contributed by atoms with van der Waals surface area (Å²) in [5.41, 5.74) is 1.10. The van der Waals surface area contributed by atoms with Crippen molar-refractivity contribution in [2.75, 3.05) is 6.54 Å². The van der Waals surface area contributed by atoms with Crippen LogP contribution in [0.1, 0.15) is 43.7 Å². The van der Waals surface area contributed by atoms with Gasteiger partial charge in [-0.25, -0.2) is 0 Å². The molecule has 2 fully saturated rings. The van der Waals surface area contributed by atoms with Gasteiger partial charge < -0.3 is 9.42 Å². The van der Waals surface area contributed by atoms with Crippen molar-refractivity contribution >= 4 is 22.7 Å². The molecule has 1 aliphatic heterocycles. The van der Waals surface area contributed by atoms with Crippen LogP contribution in [0, 0.1) is 0 Å². The largest absolute Gasteiger partial charge is 0.356 e. The van der Waals surface area contributed by atoms with Crippen molar-refractivity contribution in [3.05, 3.63) is 30.0 Å². The Kier molecular flexibility index (Phi) is 3.21. The van der Waals surface area contributed by atoms with E-state index >= 15 is 0 Å². The smallest absolute Gasteiger partial charge is 0.240 e. The van der Waals surface area contributed by atoms with E-state index in [0.717, 1.165) is 31.1 Å². The van der Waals surface area contributed by atoms with Crippen LogP contribution in [0.25, 0.3) is 11.0 Å². The summed E-state index contributed by atoms with van der Waals surface area (Å²) >= 11 is 0. The Balaban J connectivity index is 1.67. The zero-order valence-electron chi connectivity index (χ0n) is 12.3. The van der Waals surface area contributed by atoms with Gasteiger partial charge in [-0.2, -0.15) is 0 Å². The molecule has 0 radical (unpaired) electrons. The first kappa shape index (κ1) is 13.5. The number of ketones is 1. The number of nitrogens with zero attached hydrogens (tertiary/aromatic N) is 2. The Morgan fingerprint density at radius 3 is 2.68 bits per heavy atom. The number of para-hydroxylation sites is 1. The molecule has 1 amide bonds. The Morgan fingerprint density at radius 1 is 1.09 bits per heavy atom. The van der Waals surface area contributed by atoms with E-state index in [4.69, 9.17) is 4.52 Å². The molecule has 4 rings (SSSR count). The van der Waals surface area contributed by atoms with Gasteiger partial charge in [0.25, 0.3) is 0 Å². The van der Waals surface area contributed by atoms with Gasteiger partial charge in [-0.15, -0.1) is 0 Å². The third-order valence-corrected chi connectivity index (χ3v) is 4.87. The van der Waals surface area contributed by atoms with Gasteiger partial charge in [0, 0.05) is 11.4 Å². The number of Topliss-reactive ketones (excluding diaryl/α,β-unsaturated/α-hetero) is 1. The van der Waals surface area contributed by atoms with Crippen LogP contribution < -0.4 is 0 Å². The minimum absolute atomic E-state index is 0.0605. The molecule has 1 saturated carbocycles. The predicted molar refractivity (Wildman–Crippen MR) is 80.3 cm³/mol. The van der Waals surface area contributed by atoms with Crippen molar-refractivity contribution < 1.29 is 14.1 Å². The molecule has 2 aliphatic rings. The third-order valence-electron chi connectivity index (χ3n) is 4.87. The summed E-state index contributed by atoms with van der Waals surface area (Å²) in [5, 5.41) is 4.78. The van der Waals surface area contributed by atoms with Crippen LogP contribution in [0.15, 0.2) is 28.8 Å². The van der Waals surface area contributed by atoms with E-state index < -0.39 is 5.92 Å². The van der Waals surface area contributed by atoms with Crippen LogP contribution in [0.3, 0.4) is 0 Å². The lowest BCUT2D eigenvalue weighted by Crippen LogP contribution is -2.38. The van der Waals surface area contributed by atoms with Crippen molar-refractivity contribution in [3.63, 3.8) is 0 Å². The van der Waals surface area contributed by atoms with E-state index in [1.165, 1.54) is 6.42 Å². The molecule has 0 bridgehead atoms. The van der Waals surface area contributed by atoms with Gasteiger partial charge in [0.2, 0.25) is 5.91 Å². The summed E-state index contributed by atoms with van der Waals surface area (Å²) in [6.45, 7) is 0.218. The van der Waals surface area contributed by atoms with Crippen LogP contribution >= 0.6 is 0 Å². The number of hydrogen-bond donors (Lipinski definition) is 0. The van der Waals surface area contributed by atoms with Crippen LogP contribution in [0.4, 0.5) is 0 Å². The zero-order chi connectivity index (χ0) is 15.1. The number of benzene rings is 1. The fraction of sp³-hybridized carbons (Fsp3) is 0.471. The maximum absolute atomic E-state index is 12.8. The summed E-state index contributed by atoms with van der Waals surface area (Å²) in [6.07, 6.45) is 5.51. The zero-order valence-corrected chi connectivity index (χ0v) is 12.3. The molecule has 1 atom stereocenters. The predicted octanol–water partition coefficient (Wildman–Crippen LogP) is 2.66. The molecule has 2 heterocycles. The second kappa shape index (κ2) is 5.23. The highest BCUT2D eigenvalue weighted by molar-refractivity contribution is 6.14. The molecular weight excluding hydrogens is 280 g/mol. The van der Waals surface area contributed by atoms with Crippen molar-refractivity contribution in [1.29, 1.82) is 0 Å². The fourth-order valence-electron chi connectivity index (χ4n) is 3.73. The number of hydrogen-bond acceptors (Lipinski definition) is 4. The number of carbonyl (C=O) groups excluding carboxylic acids is 2. The van der Waals surface area contributed by atoms with E-state index in [1.54, 1.807) is 11.0 Å². The van der Waals surface area contributed by atoms with E-state index in [-0.39, 0.29) is 24.3 Å². The number of aromatic nitrogens is 1. The molecule has 0 unspecified atom stereocenters. The molecule has 5 heteroatoms. The molecule has 114 valence electrons. The Labute approximate surface area is 128 Å². The van der Waals surface area contributed by atoms with E-state index in [1.807, 2.05) is 18.2 Å². The van der Waals surface area contributed by atoms with Crippen LogP contribution in [-0.4, -0.2) is 34.3 Å². The molecule has 0 N–H and O–H groups in total. The van der Waals surface area contributed by atoms with Gasteiger partial charge in [0.05, 0.1) is 6.54 Å². The first-order valence-corrected chi connectivity index (χ1v) is 7.93. The van der Waals surface area contributed by atoms with Crippen LogP contribution in [0.2, 0.25) is 0 Å². The van der Waals surface area contributed by atoms with Gasteiger partial charge in [-0.05, 0) is 25.0 Å². The molecule has 2 aromatic rings.